The maximum Gasteiger partial charge on any atom is 0.336 e. The van der Waals surface area contributed by atoms with Crippen LogP contribution in [-0.2, 0) is 0 Å². The van der Waals surface area contributed by atoms with E-state index in [9.17, 15) is 14.7 Å². The summed E-state index contributed by atoms with van der Waals surface area (Å²) < 4.78 is 0. The first kappa shape index (κ1) is 19.6. The predicted molar refractivity (Wildman–Crippen MR) is 118 cm³/mol. The second-order valence-corrected chi connectivity index (χ2v) is 7.30. The first-order valence-corrected chi connectivity index (χ1v) is 9.58. The van der Waals surface area contributed by atoms with E-state index in [0.717, 1.165) is 5.56 Å². The molecule has 0 atom stereocenters. The van der Waals surface area contributed by atoms with Crippen molar-refractivity contribution in [1.82, 2.24) is 4.98 Å². The Morgan fingerprint density at radius 3 is 2.33 bits per heavy atom. The minimum absolute atomic E-state index is 0.0621. The zero-order valence-electron chi connectivity index (χ0n) is 16.0. The first-order valence-electron chi connectivity index (χ1n) is 9.20. The number of benzene rings is 3. The number of nitrogens with zero attached hydrogens (tertiary/aromatic N) is 1. The van der Waals surface area contributed by atoms with E-state index in [0.29, 0.717) is 27.7 Å². The second kappa shape index (κ2) is 7.61. The highest BCUT2D eigenvalue weighted by Gasteiger charge is 2.26. The summed E-state index contributed by atoms with van der Waals surface area (Å²) >= 11 is 6.12. The van der Waals surface area contributed by atoms with Crippen LogP contribution in [0.1, 0.15) is 31.8 Å². The molecule has 0 aliphatic carbocycles. The van der Waals surface area contributed by atoms with Crippen molar-refractivity contribution < 1.29 is 14.7 Å². The molecule has 3 N–H and O–H groups in total. The Kier molecular flexibility index (Phi) is 4.98. The molecule has 0 radical (unpaired) electrons. The summed E-state index contributed by atoms with van der Waals surface area (Å²) in [5, 5.41) is 10.5. The molecule has 0 aliphatic heterocycles. The zero-order chi connectivity index (χ0) is 21.4. The molecule has 0 saturated heterocycles. The molecule has 0 bridgehead atoms. The summed E-state index contributed by atoms with van der Waals surface area (Å²) in [6, 6.07) is 19.6. The minimum atomic E-state index is -1.27. The average molecular weight is 417 g/mol. The number of nitrogens with two attached hydrogens (primary N) is 1. The molecule has 0 unspecified atom stereocenters. The van der Waals surface area contributed by atoms with Gasteiger partial charge in [-0.15, -0.1) is 0 Å². The Bertz CT molecular complexity index is 1320. The number of rotatable bonds is 4. The van der Waals surface area contributed by atoms with Crippen molar-refractivity contribution in [3.05, 3.63) is 94.0 Å². The molecule has 0 spiro atoms. The summed E-state index contributed by atoms with van der Waals surface area (Å²) in [5.41, 5.74) is 8.81. The Morgan fingerprint density at radius 2 is 1.63 bits per heavy atom. The number of hydrogen-bond acceptors (Lipinski definition) is 4. The van der Waals surface area contributed by atoms with Gasteiger partial charge < -0.3 is 10.8 Å². The number of carbonyl (C=O) groups is 2. The third-order valence-electron chi connectivity index (χ3n) is 5.06. The fourth-order valence-electron chi connectivity index (χ4n) is 3.44. The van der Waals surface area contributed by atoms with Crippen molar-refractivity contribution >= 4 is 39.9 Å². The van der Waals surface area contributed by atoms with Crippen molar-refractivity contribution in [3.8, 4) is 11.3 Å². The number of aromatic carboxylic acids is 1. The Labute approximate surface area is 177 Å². The van der Waals surface area contributed by atoms with Gasteiger partial charge in [0.2, 0.25) is 0 Å². The third kappa shape index (κ3) is 3.29. The van der Waals surface area contributed by atoms with Crippen LogP contribution in [0.15, 0.2) is 66.7 Å². The molecule has 4 rings (SSSR count). The van der Waals surface area contributed by atoms with Crippen LogP contribution in [0.3, 0.4) is 0 Å². The van der Waals surface area contributed by atoms with Crippen LogP contribution < -0.4 is 5.73 Å². The number of carbonyl (C=O) groups excluding carboxylic acids is 1. The highest BCUT2D eigenvalue weighted by atomic mass is 35.5. The lowest BCUT2D eigenvalue weighted by Crippen LogP contribution is -2.15. The van der Waals surface area contributed by atoms with Gasteiger partial charge in [0.25, 0.3) is 0 Å². The van der Waals surface area contributed by atoms with Crippen molar-refractivity contribution in [2.45, 2.75) is 6.92 Å². The topological polar surface area (TPSA) is 93.3 Å². The van der Waals surface area contributed by atoms with Gasteiger partial charge >= 0.3 is 5.97 Å². The lowest BCUT2D eigenvalue weighted by atomic mass is 9.91. The molecule has 148 valence electrons. The van der Waals surface area contributed by atoms with Crippen LogP contribution in [0.5, 0.6) is 0 Å². The number of ketones is 1. The van der Waals surface area contributed by atoms with Crippen LogP contribution in [0.25, 0.3) is 22.2 Å². The number of carboxylic acids is 1. The van der Waals surface area contributed by atoms with Gasteiger partial charge in [0.1, 0.15) is 0 Å². The number of fused-ring (bicyclic) bond motifs is 1. The molecular formula is C24H17ClN2O3. The minimum Gasteiger partial charge on any atom is -0.478 e. The molecule has 0 fully saturated rings. The van der Waals surface area contributed by atoms with E-state index in [1.807, 2.05) is 42.5 Å². The van der Waals surface area contributed by atoms with Gasteiger partial charge in [-0.25, -0.2) is 9.78 Å². The molecule has 1 heterocycles. The number of anilines is 1. The molecule has 0 aliphatic rings. The quantitative estimate of drug-likeness (QED) is 0.344. The first-order chi connectivity index (χ1) is 14.4. The normalized spacial score (nSPS) is 10.9. The van der Waals surface area contributed by atoms with Crippen molar-refractivity contribution in [2.75, 3.05) is 5.73 Å². The summed E-state index contributed by atoms with van der Waals surface area (Å²) in [7, 11) is 0. The van der Waals surface area contributed by atoms with E-state index in [4.69, 9.17) is 17.3 Å². The molecule has 0 amide bonds. The van der Waals surface area contributed by atoms with Crippen LogP contribution in [0.2, 0.25) is 5.02 Å². The number of aromatic nitrogens is 1. The molecule has 1 aromatic heterocycles. The van der Waals surface area contributed by atoms with E-state index in [2.05, 4.69) is 4.98 Å². The molecule has 4 aromatic rings. The van der Waals surface area contributed by atoms with Gasteiger partial charge in [-0.3, -0.25) is 4.79 Å². The number of pyridine rings is 1. The van der Waals surface area contributed by atoms with Crippen LogP contribution in [0, 0.1) is 6.92 Å². The Hall–Kier alpha value is -3.70. The molecular weight excluding hydrogens is 400 g/mol. The summed E-state index contributed by atoms with van der Waals surface area (Å²) in [6.07, 6.45) is 0. The van der Waals surface area contributed by atoms with E-state index in [-0.39, 0.29) is 21.8 Å². The number of para-hydroxylation sites is 1. The number of halogens is 1. The Morgan fingerprint density at radius 1 is 0.967 bits per heavy atom. The number of nitrogen functional groups attached to an aromatic ring is 1. The molecule has 3 aromatic carbocycles. The maximum absolute atomic E-state index is 13.6. The van der Waals surface area contributed by atoms with Crippen molar-refractivity contribution in [2.24, 2.45) is 0 Å². The van der Waals surface area contributed by atoms with E-state index in [1.54, 1.807) is 25.1 Å². The summed E-state index contributed by atoms with van der Waals surface area (Å²) in [5.74, 6) is -1.76. The molecule has 5 nitrogen and oxygen atoms in total. The maximum atomic E-state index is 13.6. The highest BCUT2D eigenvalue weighted by Crippen LogP contribution is 2.33. The van der Waals surface area contributed by atoms with Gasteiger partial charge in [0.05, 0.1) is 22.3 Å². The van der Waals surface area contributed by atoms with Crippen LogP contribution in [0.4, 0.5) is 5.69 Å². The summed E-state index contributed by atoms with van der Waals surface area (Å²) in [6.45, 7) is 1.65. The lowest BCUT2D eigenvalue weighted by Gasteiger charge is -2.15. The number of hydrogen-bond donors (Lipinski definition) is 2. The summed E-state index contributed by atoms with van der Waals surface area (Å²) in [4.78, 5) is 30.2. The van der Waals surface area contributed by atoms with E-state index in [1.165, 1.54) is 6.07 Å². The molecule has 30 heavy (non-hydrogen) atoms. The fourth-order valence-corrected chi connectivity index (χ4v) is 3.65. The molecule has 0 saturated carbocycles. The predicted octanol–water partition coefficient (Wildman–Crippen LogP) is 5.38. The van der Waals surface area contributed by atoms with Gasteiger partial charge in [-0.2, -0.15) is 0 Å². The van der Waals surface area contributed by atoms with Gasteiger partial charge in [-0.1, -0.05) is 60.1 Å². The molecule has 6 heteroatoms. The Balaban J connectivity index is 2.02. The van der Waals surface area contributed by atoms with E-state index >= 15 is 0 Å². The van der Waals surface area contributed by atoms with Crippen molar-refractivity contribution in [3.63, 3.8) is 0 Å². The van der Waals surface area contributed by atoms with Crippen LogP contribution in [-0.4, -0.2) is 21.8 Å². The van der Waals surface area contributed by atoms with Gasteiger partial charge in [0, 0.05) is 27.2 Å². The standard InChI is InChI=1S/C24H17ClN2O3/c1-13-18(25)11-17(24(29)30)21(22(13)26)23(28)16-12-20(14-7-3-2-4-8-14)27-19-10-6-5-9-15(16)19/h2-12H,26H2,1H3,(H,29,30). The zero-order valence-corrected chi connectivity index (χ0v) is 16.8. The third-order valence-corrected chi connectivity index (χ3v) is 5.45. The largest absolute Gasteiger partial charge is 0.478 e. The van der Waals surface area contributed by atoms with Crippen molar-refractivity contribution in [1.29, 1.82) is 0 Å². The smallest absolute Gasteiger partial charge is 0.336 e. The van der Waals surface area contributed by atoms with Gasteiger partial charge in [-0.05, 0) is 30.7 Å². The highest BCUT2D eigenvalue weighted by molar-refractivity contribution is 6.33. The fraction of sp³-hybridized carbons (Fsp3) is 0.0417. The SMILES string of the molecule is Cc1c(Cl)cc(C(=O)O)c(C(=O)c2cc(-c3ccccc3)nc3ccccc23)c1N. The van der Waals surface area contributed by atoms with Crippen LogP contribution >= 0.6 is 11.6 Å². The lowest BCUT2D eigenvalue weighted by molar-refractivity contribution is 0.0693. The second-order valence-electron chi connectivity index (χ2n) is 6.89. The van der Waals surface area contributed by atoms with Gasteiger partial charge in [0.15, 0.2) is 5.78 Å². The van der Waals surface area contributed by atoms with E-state index < -0.39 is 11.8 Å². The monoisotopic (exact) mass is 416 g/mol. The number of carboxylic acid groups (broad SMARTS) is 1. The average Bonchev–Trinajstić information content (AvgIpc) is 2.76.